The smallest absolute Gasteiger partial charge is 0.475 e. The van der Waals surface area contributed by atoms with Crippen molar-refractivity contribution >= 4 is 36.0 Å². The second kappa shape index (κ2) is 11.2. The monoisotopic (exact) mass is 526 g/mol. The Balaban J connectivity index is 1.19. The maximum Gasteiger partial charge on any atom is 0.495 e. The van der Waals surface area contributed by atoms with Crippen LogP contribution in [0.4, 0.5) is 20.6 Å². The largest absolute Gasteiger partial charge is 0.495 e. The maximum atomic E-state index is 15.2. The van der Waals surface area contributed by atoms with Crippen LogP contribution < -0.4 is 25.3 Å². The highest BCUT2D eigenvalue weighted by atomic mass is 19.1. The van der Waals surface area contributed by atoms with Crippen molar-refractivity contribution < 1.29 is 33.1 Å². The molecule has 202 valence electrons. The minimum Gasteiger partial charge on any atom is -0.475 e. The lowest BCUT2D eigenvalue weighted by Crippen LogP contribution is -2.52. The van der Waals surface area contributed by atoms with Crippen LogP contribution in [-0.4, -0.2) is 80.6 Å². The molecular weight excluding hydrogens is 494 g/mol. The molecule has 3 aliphatic heterocycles. The number of benzene rings is 2. The number of hydrogen-bond acceptors (Lipinski definition) is 8. The number of ether oxygens (including phenoxy) is 2. The number of carbonyl (C=O) groups excluding carboxylic acids is 2. The molecule has 12 heteroatoms. The van der Waals surface area contributed by atoms with Gasteiger partial charge in [0.2, 0.25) is 5.91 Å². The standard InChI is InChI=1S/C26H32BFN4O6/c1-3-24(38-23-6-4-5-18-16-36-27(35)25(18)23)31-11-9-30(10-12-31)22-8-7-19(13-21(22)28)32-15-20(37-26(32)34)14-29-17(2)33/h4-8,13,20,24,35H,3,9-12,14-16H2,1-2H3,(H,29,33). The summed E-state index contributed by atoms with van der Waals surface area (Å²) in [6.07, 6.45) is -0.479. The van der Waals surface area contributed by atoms with Gasteiger partial charge in [-0.1, -0.05) is 19.1 Å². The summed E-state index contributed by atoms with van der Waals surface area (Å²) in [5, 5.41) is 12.8. The lowest BCUT2D eigenvalue weighted by Gasteiger charge is -2.40. The summed E-state index contributed by atoms with van der Waals surface area (Å²) in [6, 6.07) is 10.4. The fraction of sp³-hybridized carbons (Fsp3) is 0.462. The number of fused-ring (bicyclic) bond motifs is 1. The molecule has 2 aromatic carbocycles. The van der Waals surface area contributed by atoms with Crippen molar-refractivity contribution in [3.05, 3.63) is 47.8 Å². The highest BCUT2D eigenvalue weighted by Gasteiger charge is 2.34. The summed E-state index contributed by atoms with van der Waals surface area (Å²) in [4.78, 5) is 29.0. The number of nitrogens with zero attached hydrogens (tertiary/aromatic N) is 3. The number of rotatable bonds is 8. The molecule has 38 heavy (non-hydrogen) atoms. The Morgan fingerprint density at radius 3 is 2.76 bits per heavy atom. The van der Waals surface area contributed by atoms with E-state index < -0.39 is 25.1 Å². The number of cyclic esters (lactones) is 1. The average molecular weight is 526 g/mol. The average Bonchev–Trinajstić information content (AvgIpc) is 3.48. The second-order valence-electron chi connectivity index (χ2n) is 9.69. The zero-order valence-electron chi connectivity index (χ0n) is 21.6. The molecule has 10 nitrogen and oxygen atoms in total. The van der Waals surface area contributed by atoms with Gasteiger partial charge in [0.25, 0.3) is 0 Å². The number of halogens is 1. The third-order valence-electron chi connectivity index (χ3n) is 7.17. The number of anilines is 2. The van der Waals surface area contributed by atoms with Gasteiger partial charge in [-0.2, -0.15) is 0 Å². The third-order valence-corrected chi connectivity index (χ3v) is 7.17. The van der Waals surface area contributed by atoms with Crippen LogP contribution in [0.1, 0.15) is 25.8 Å². The van der Waals surface area contributed by atoms with E-state index in [4.69, 9.17) is 14.1 Å². The molecular formula is C26H32BFN4O6. The maximum absolute atomic E-state index is 15.2. The molecule has 2 N–H and O–H groups in total. The Kier molecular flexibility index (Phi) is 7.73. The molecule has 0 aromatic heterocycles. The van der Waals surface area contributed by atoms with Crippen molar-refractivity contribution in [1.29, 1.82) is 0 Å². The molecule has 0 aliphatic carbocycles. The van der Waals surface area contributed by atoms with Gasteiger partial charge in [-0.05, 0) is 36.2 Å². The van der Waals surface area contributed by atoms with Crippen molar-refractivity contribution in [2.45, 2.75) is 39.2 Å². The highest BCUT2D eigenvalue weighted by Crippen LogP contribution is 2.29. The Hall–Kier alpha value is -3.35. The number of amides is 2. The quantitative estimate of drug-likeness (QED) is 0.499. The molecule has 0 radical (unpaired) electrons. The van der Waals surface area contributed by atoms with Gasteiger partial charge in [-0.25, -0.2) is 9.18 Å². The molecule has 0 spiro atoms. The Labute approximate surface area is 221 Å². The van der Waals surface area contributed by atoms with E-state index in [2.05, 4.69) is 17.1 Å². The van der Waals surface area contributed by atoms with E-state index in [0.717, 1.165) is 12.0 Å². The predicted molar refractivity (Wildman–Crippen MR) is 140 cm³/mol. The normalized spacial score (nSPS) is 20.4. The summed E-state index contributed by atoms with van der Waals surface area (Å²) in [5.74, 6) is 0.0122. The zero-order valence-corrected chi connectivity index (χ0v) is 21.6. The van der Waals surface area contributed by atoms with Crippen molar-refractivity contribution in [3.63, 3.8) is 0 Å². The Morgan fingerprint density at radius 1 is 1.26 bits per heavy atom. The van der Waals surface area contributed by atoms with Crippen molar-refractivity contribution in [2.75, 3.05) is 49.1 Å². The van der Waals surface area contributed by atoms with E-state index in [1.165, 1.54) is 17.9 Å². The van der Waals surface area contributed by atoms with E-state index >= 15 is 4.39 Å². The molecule has 2 saturated heterocycles. The fourth-order valence-corrected chi connectivity index (χ4v) is 5.18. The second-order valence-corrected chi connectivity index (χ2v) is 9.69. The van der Waals surface area contributed by atoms with E-state index in [1.54, 1.807) is 12.1 Å². The van der Waals surface area contributed by atoms with Gasteiger partial charge in [-0.3, -0.25) is 14.6 Å². The summed E-state index contributed by atoms with van der Waals surface area (Å²) < 4.78 is 32.1. The van der Waals surface area contributed by atoms with E-state index in [0.29, 0.717) is 55.4 Å². The van der Waals surface area contributed by atoms with Crippen LogP contribution in [-0.2, 0) is 20.8 Å². The molecule has 2 fully saturated rings. The first-order chi connectivity index (χ1) is 18.3. The van der Waals surface area contributed by atoms with Gasteiger partial charge >= 0.3 is 13.2 Å². The number of carbonyl (C=O) groups is 2. The molecule has 0 saturated carbocycles. The SMILES string of the molecule is CCC(Oc1cccc2c1B(O)OC2)N1CCN(c2ccc(N3CC(CNC(C)=O)OC3=O)cc2F)CC1. The van der Waals surface area contributed by atoms with Crippen LogP contribution in [0.15, 0.2) is 36.4 Å². The predicted octanol–water partition coefficient (Wildman–Crippen LogP) is 1.44. The van der Waals surface area contributed by atoms with Crippen LogP contribution in [0.25, 0.3) is 0 Å². The van der Waals surface area contributed by atoms with E-state index in [1.807, 2.05) is 23.1 Å². The van der Waals surface area contributed by atoms with Gasteiger partial charge in [0, 0.05) is 38.6 Å². The van der Waals surface area contributed by atoms with Crippen molar-refractivity contribution in [3.8, 4) is 5.75 Å². The first-order valence-corrected chi connectivity index (χ1v) is 12.9. The molecule has 3 aliphatic rings. The Bertz CT molecular complexity index is 1190. The van der Waals surface area contributed by atoms with Gasteiger partial charge < -0.3 is 29.4 Å². The van der Waals surface area contributed by atoms with Crippen LogP contribution in [0.2, 0.25) is 0 Å². The van der Waals surface area contributed by atoms with Crippen molar-refractivity contribution in [2.24, 2.45) is 0 Å². The Morgan fingerprint density at radius 2 is 2.05 bits per heavy atom. The third kappa shape index (κ3) is 5.43. The van der Waals surface area contributed by atoms with Gasteiger partial charge in [0.05, 0.1) is 31.1 Å². The first-order valence-electron chi connectivity index (χ1n) is 12.9. The molecule has 2 atom stereocenters. The number of piperazine rings is 1. The summed E-state index contributed by atoms with van der Waals surface area (Å²) in [7, 11) is -0.980. The highest BCUT2D eigenvalue weighted by molar-refractivity contribution is 6.62. The molecule has 2 unspecified atom stereocenters. The summed E-state index contributed by atoms with van der Waals surface area (Å²) in [5.41, 5.74) is 2.51. The van der Waals surface area contributed by atoms with E-state index in [9.17, 15) is 14.6 Å². The molecule has 3 heterocycles. The first kappa shape index (κ1) is 26.3. The van der Waals surface area contributed by atoms with Gasteiger partial charge in [0.1, 0.15) is 17.7 Å². The minimum absolute atomic E-state index is 0.185. The van der Waals surface area contributed by atoms with Crippen molar-refractivity contribution in [1.82, 2.24) is 10.2 Å². The van der Waals surface area contributed by atoms with Crippen LogP contribution >= 0.6 is 0 Å². The molecule has 2 aromatic rings. The number of hydrogen-bond donors (Lipinski definition) is 2. The summed E-state index contributed by atoms with van der Waals surface area (Å²) in [6.45, 7) is 6.84. The number of nitrogens with one attached hydrogen (secondary N) is 1. The topological polar surface area (TPSA) is 104 Å². The van der Waals surface area contributed by atoms with Gasteiger partial charge in [0.15, 0.2) is 6.23 Å². The van der Waals surface area contributed by atoms with Crippen LogP contribution in [0.3, 0.4) is 0 Å². The van der Waals surface area contributed by atoms with Gasteiger partial charge in [-0.15, -0.1) is 0 Å². The van der Waals surface area contributed by atoms with E-state index in [-0.39, 0.29) is 25.2 Å². The van der Waals surface area contributed by atoms with Crippen LogP contribution in [0.5, 0.6) is 5.75 Å². The lowest BCUT2D eigenvalue weighted by molar-refractivity contribution is -0.119. The minimum atomic E-state index is -0.980. The lowest BCUT2D eigenvalue weighted by atomic mass is 9.79. The molecule has 5 rings (SSSR count). The molecule has 2 amide bonds. The molecule has 0 bridgehead atoms. The fourth-order valence-electron chi connectivity index (χ4n) is 5.18. The summed E-state index contributed by atoms with van der Waals surface area (Å²) >= 11 is 0. The van der Waals surface area contributed by atoms with Crippen LogP contribution in [0, 0.1) is 5.82 Å². The zero-order chi connectivity index (χ0) is 26.8.